The first kappa shape index (κ1) is 19.1. The lowest BCUT2D eigenvalue weighted by molar-refractivity contribution is 0.591. The van der Waals surface area contributed by atoms with Crippen molar-refractivity contribution in [1.82, 2.24) is 5.32 Å². The molecule has 0 saturated carbocycles. The predicted octanol–water partition coefficient (Wildman–Crippen LogP) is 4.95. The summed E-state index contributed by atoms with van der Waals surface area (Å²) >= 11 is 2.02. The van der Waals surface area contributed by atoms with Gasteiger partial charge in [-0.15, -0.1) is 24.2 Å². The van der Waals surface area contributed by atoms with Gasteiger partial charge in [0, 0.05) is 17.0 Å². The molecule has 0 bridgehead atoms. The summed E-state index contributed by atoms with van der Waals surface area (Å²) in [5.41, 5.74) is 2.81. The lowest BCUT2D eigenvalue weighted by atomic mass is 10.1. The zero-order chi connectivity index (χ0) is 15.0. The second kappa shape index (κ2) is 9.94. The summed E-state index contributed by atoms with van der Waals surface area (Å²) in [6.07, 6.45) is 1.10. The number of benzene rings is 2. The minimum absolute atomic E-state index is 0. The standard InChI is InChI=1S/C19H25NS.ClH/c1-19(2,21-15-18-11-7-4-8-12-18)16-20-14-13-17-9-5-3-6-10-17;/h3-12,20H,13-16H2,1-2H3;1H. The topological polar surface area (TPSA) is 12.0 Å². The van der Waals surface area contributed by atoms with E-state index in [1.807, 2.05) is 11.8 Å². The number of hydrogen-bond donors (Lipinski definition) is 1. The fourth-order valence-corrected chi connectivity index (χ4v) is 3.12. The summed E-state index contributed by atoms with van der Waals surface area (Å²) in [6.45, 7) is 6.71. The van der Waals surface area contributed by atoms with Gasteiger partial charge < -0.3 is 5.32 Å². The minimum atomic E-state index is 0. The molecular formula is C19H26ClNS. The highest BCUT2D eigenvalue weighted by molar-refractivity contribution is 7.99. The Morgan fingerprint density at radius 2 is 1.41 bits per heavy atom. The Balaban J connectivity index is 0.00000242. The zero-order valence-corrected chi connectivity index (χ0v) is 15.1. The molecule has 1 N–H and O–H groups in total. The van der Waals surface area contributed by atoms with Gasteiger partial charge in [-0.1, -0.05) is 60.7 Å². The summed E-state index contributed by atoms with van der Waals surface area (Å²) in [5.74, 6) is 1.08. The molecule has 0 saturated heterocycles. The van der Waals surface area contributed by atoms with Crippen LogP contribution in [-0.2, 0) is 12.2 Å². The fraction of sp³-hybridized carbons (Fsp3) is 0.368. The predicted molar refractivity (Wildman–Crippen MR) is 102 cm³/mol. The maximum atomic E-state index is 3.59. The van der Waals surface area contributed by atoms with Crippen molar-refractivity contribution < 1.29 is 0 Å². The molecule has 2 rings (SSSR count). The van der Waals surface area contributed by atoms with Crippen molar-refractivity contribution in [1.29, 1.82) is 0 Å². The van der Waals surface area contributed by atoms with Crippen molar-refractivity contribution in [2.75, 3.05) is 13.1 Å². The molecule has 0 aliphatic rings. The lowest BCUT2D eigenvalue weighted by Gasteiger charge is -2.24. The second-order valence-corrected chi connectivity index (χ2v) is 7.63. The van der Waals surface area contributed by atoms with Gasteiger partial charge in [0.05, 0.1) is 0 Å². The average Bonchev–Trinajstić information content (AvgIpc) is 2.52. The van der Waals surface area contributed by atoms with Crippen LogP contribution < -0.4 is 5.32 Å². The van der Waals surface area contributed by atoms with Crippen LogP contribution >= 0.6 is 24.2 Å². The number of hydrogen-bond acceptors (Lipinski definition) is 2. The third-order valence-corrected chi connectivity index (χ3v) is 4.86. The van der Waals surface area contributed by atoms with Crippen LogP contribution in [0.2, 0.25) is 0 Å². The van der Waals surface area contributed by atoms with Crippen LogP contribution in [0.1, 0.15) is 25.0 Å². The Morgan fingerprint density at radius 1 is 0.864 bits per heavy atom. The highest BCUT2D eigenvalue weighted by atomic mass is 35.5. The van der Waals surface area contributed by atoms with E-state index in [2.05, 4.69) is 79.8 Å². The SMILES string of the molecule is CC(C)(CNCCc1ccccc1)SCc1ccccc1.Cl. The molecule has 0 amide bonds. The molecule has 3 heteroatoms. The lowest BCUT2D eigenvalue weighted by Crippen LogP contribution is -2.33. The number of rotatable bonds is 8. The first-order valence-corrected chi connectivity index (χ1v) is 8.57. The molecule has 0 radical (unpaired) electrons. The Morgan fingerprint density at radius 3 is 2.00 bits per heavy atom. The van der Waals surface area contributed by atoms with Crippen LogP contribution in [0, 0.1) is 0 Å². The van der Waals surface area contributed by atoms with E-state index in [4.69, 9.17) is 0 Å². The van der Waals surface area contributed by atoms with E-state index in [0.717, 1.165) is 25.3 Å². The van der Waals surface area contributed by atoms with E-state index < -0.39 is 0 Å². The molecule has 0 aliphatic heterocycles. The van der Waals surface area contributed by atoms with E-state index in [0.29, 0.717) is 0 Å². The first-order chi connectivity index (χ1) is 10.2. The molecular weight excluding hydrogens is 310 g/mol. The third kappa shape index (κ3) is 7.35. The van der Waals surface area contributed by atoms with Crippen LogP contribution in [0.3, 0.4) is 0 Å². The van der Waals surface area contributed by atoms with Crippen LogP contribution in [0.4, 0.5) is 0 Å². The normalized spacial score (nSPS) is 11.0. The Bertz CT molecular complexity index is 513. The van der Waals surface area contributed by atoms with Gasteiger partial charge in [0.25, 0.3) is 0 Å². The highest BCUT2D eigenvalue weighted by Gasteiger charge is 2.17. The van der Waals surface area contributed by atoms with Gasteiger partial charge in [0.15, 0.2) is 0 Å². The maximum Gasteiger partial charge on any atom is 0.0231 e. The molecule has 2 aromatic carbocycles. The molecule has 120 valence electrons. The van der Waals surface area contributed by atoms with Gasteiger partial charge in [-0.3, -0.25) is 0 Å². The second-order valence-electron chi connectivity index (χ2n) is 5.95. The molecule has 2 aromatic rings. The van der Waals surface area contributed by atoms with Crippen LogP contribution in [-0.4, -0.2) is 17.8 Å². The van der Waals surface area contributed by atoms with Gasteiger partial charge in [0.1, 0.15) is 0 Å². The monoisotopic (exact) mass is 335 g/mol. The Kier molecular flexibility index (Phi) is 8.62. The van der Waals surface area contributed by atoms with E-state index in [-0.39, 0.29) is 17.2 Å². The number of thioether (sulfide) groups is 1. The van der Waals surface area contributed by atoms with E-state index in [1.165, 1.54) is 11.1 Å². The van der Waals surface area contributed by atoms with Crippen LogP contribution in [0.25, 0.3) is 0 Å². The van der Waals surface area contributed by atoms with Gasteiger partial charge in [-0.05, 0) is 37.9 Å². The number of nitrogens with one attached hydrogen (secondary N) is 1. The van der Waals surface area contributed by atoms with E-state index >= 15 is 0 Å². The van der Waals surface area contributed by atoms with Crippen LogP contribution in [0.5, 0.6) is 0 Å². The van der Waals surface area contributed by atoms with Gasteiger partial charge in [-0.2, -0.15) is 0 Å². The Hall–Kier alpha value is -0.960. The molecule has 0 unspecified atom stereocenters. The van der Waals surface area contributed by atoms with Crippen LogP contribution in [0.15, 0.2) is 60.7 Å². The molecule has 0 aliphatic carbocycles. The summed E-state index contributed by atoms with van der Waals surface area (Å²) in [4.78, 5) is 0. The molecule has 1 nitrogen and oxygen atoms in total. The van der Waals surface area contributed by atoms with Crippen molar-refractivity contribution in [2.24, 2.45) is 0 Å². The Labute approximate surface area is 145 Å². The quantitative estimate of drug-likeness (QED) is 0.685. The molecule has 0 spiro atoms. The van der Waals surface area contributed by atoms with E-state index in [1.54, 1.807) is 0 Å². The highest BCUT2D eigenvalue weighted by Crippen LogP contribution is 2.27. The summed E-state index contributed by atoms with van der Waals surface area (Å²) in [6, 6.07) is 21.4. The number of halogens is 1. The zero-order valence-electron chi connectivity index (χ0n) is 13.4. The van der Waals surface area contributed by atoms with Gasteiger partial charge >= 0.3 is 0 Å². The van der Waals surface area contributed by atoms with Gasteiger partial charge in [0.2, 0.25) is 0 Å². The third-order valence-electron chi connectivity index (χ3n) is 3.46. The van der Waals surface area contributed by atoms with E-state index in [9.17, 15) is 0 Å². The fourth-order valence-electron chi connectivity index (χ4n) is 2.17. The minimum Gasteiger partial charge on any atom is -0.315 e. The smallest absolute Gasteiger partial charge is 0.0231 e. The molecule has 0 atom stereocenters. The first-order valence-electron chi connectivity index (χ1n) is 7.58. The molecule has 0 heterocycles. The summed E-state index contributed by atoms with van der Waals surface area (Å²) in [5, 5.41) is 3.59. The molecule has 0 aromatic heterocycles. The largest absolute Gasteiger partial charge is 0.315 e. The molecule has 0 fully saturated rings. The summed E-state index contributed by atoms with van der Waals surface area (Å²) < 4.78 is 0.256. The van der Waals surface area contributed by atoms with Gasteiger partial charge in [-0.25, -0.2) is 0 Å². The maximum absolute atomic E-state index is 3.59. The van der Waals surface area contributed by atoms with Crippen molar-refractivity contribution >= 4 is 24.2 Å². The van der Waals surface area contributed by atoms with Crippen molar-refractivity contribution in [3.05, 3.63) is 71.8 Å². The average molecular weight is 336 g/mol. The summed E-state index contributed by atoms with van der Waals surface area (Å²) in [7, 11) is 0. The van der Waals surface area contributed by atoms with Crippen molar-refractivity contribution in [3.8, 4) is 0 Å². The van der Waals surface area contributed by atoms with Crippen molar-refractivity contribution in [3.63, 3.8) is 0 Å². The molecule has 22 heavy (non-hydrogen) atoms. The van der Waals surface area contributed by atoms with Crippen molar-refractivity contribution in [2.45, 2.75) is 30.8 Å².